The molecule has 1 aliphatic heterocycles. The van der Waals surface area contributed by atoms with E-state index in [0.717, 1.165) is 24.3 Å². The van der Waals surface area contributed by atoms with Crippen LogP contribution in [0.2, 0.25) is 0 Å². The second kappa shape index (κ2) is 12.0. The summed E-state index contributed by atoms with van der Waals surface area (Å²) in [7, 11) is 0. The third-order valence-electron chi connectivity index (χ3n) is 5.83. The first-order valence-corrected chi connectivity index (χ1v) is 11.1. The monoisotopic (exact) mass is 401 g/mol. The fourth-order valence-corrected chi connectivity index (χ4v) is 4.12. The van der Waals surface area contributed by atoms with Crippen LogP contribution in [0.3, 0.4) is 0 Å². The predicted molar refractivity (Wildman–Crippen MR) is 115 cm³/mol. The van der Waals surface area contributed by atoms with Crippen molar-refractivity contribution in [2.75, 3.05) is 19.7 Å². The van der Waals surface area contributed by atoms with E-state index < -0.39 is 11.6 Å². The minimum atomic E-state index is -0.823. The van der Waals surface area contributed by atoms with E-state index in [1.807, 2.05) is 30.3 Å². The van der Waals surface area contributed by atoms with Gasteiger partial charge in [-0.15, -0.1) is 0 Å². The van der Waals surface area contributed by atoms with Gasteiger partial charge >= 0.3 is 0 Å². The van der Waals surface area contributed by atoms with Gasteiger partial charge in [-0.1, -0.05) is 62.1 Å². The molecular weight excluding hydrogens is 368 g/mol. The summed E-state index contributed by atoms with van der Waals surface area (Å²) in [5, 5.41) is 3.53. The van der Waals surface area contributed by atoms with Crippen LogP contribution in [0.25, 0.3) is 11.1 Å². The molecule has 2 aromatic rings. The van der Waals surface area contributed by atoms with E-state index in [1.54, 1.807) is 6.07 Å². The predicted octanol–water partition coefficient (Wildman–Crippen LogP) is 6.49. The molecular formula is C25H33F2NO. The molecule has 158 valence electrons. The van der Waals surface area contributed by atoms with Crippen molar-refractivity contribution in [2.24, 2.45) is 5.92 Å². The minimum Gasteiger partial charge on any atom is -0.377 e. The van der Waals surface area contributed by atoms with Gasteiger partial charge in [0.15, 0.2) is 11.6 Å². The smallest absolute Gasteiger partial charge is 0.164 e. The van der Waals surface area contributed by atoms with Crippen LogP contribution in [0, 0.1) is 17.6 Å². The summed E-state index contributed by atoms with van der Waals surface area (Å²) in [5.74, 6) is -0.791. The van der Waals surface area contributed by atoms with Crippen LogP contribution in [0.5, 0.6) is 0 Å². The Labute approximate surface area is 173 Å². The highest BCUT2D eigenvalue weighted by Crippen LogP contribution is 2.28. The first kappa shape index (κ1) is 21.9. The van der Waals surface area contributed by atoms with Gasteiger partial charge < -0.3 is 10.1 Å². The second-order valence-electron chi connectivity index (χ2n) is 8.07. The lowest BCUT2D eigenvalue weighted by Crippen LogP contribution is -2.20. The van der Waals surface area contributed by atoms with Crippen molar-refractivity contribution in [3.8, 4) is 11.1 Å². The number of hydrogen-bond acceptors (Lipinski definition) is 2. The van der Waals surface area contributed by atoms with Crippen molar-refractivity contribution in [1.82, 2.24) is 5.32 Å². The first-order valence-electron chi connectivity index (χ1n) is 11.1. The molecule has 0 aliphatic carbocycles. The zero-order valence-corrected chi connectivity index (χ0v) is 17.3. The molecule has 1 unspecified atom stereocenters. The fraction of sp³-hybridized carbons (Fsp3) is 0.520. The van der Waals surface area contributed by atoms with Crippen LogP contribution in [0.4, 0.5) is 8.78 Å². The van der Waals surface area contributed by atoms with Gasteiger partial charge in [0.05, 0.1) is 6.61 Å². The molecule has 29 heavy (non-hydrogen) atoms. The summed E-state index contributed by atoms with van der Waals surface area (Å²) in [5.41, 5.74) is 1.87. The molecule has 1 heterocycles. The summed E-state index contributed by atoms with van der Waals surface area (Å²) in [4.78, 5) is 0. The molecule has 4 heteroatoms. The Kier molecular flexibility index (Phi) is 9.10. The Balaban J connectivity index is 1.39. The second-order valence-corrected chi connectivity index (χ2v) is 8.07. The molecule has 1 fully saturated rings. The largest absolute Gasteiger partial charge is 0.377 e. The van der Waals surface area contributed by atoms with Crippen molar-refractivity contribution in [3.05, 3.63) is 59.7 Å². The van der Waals surface area contributed by atoms with Crippen molar-refractivity contribution in [1.29, 1.82) is 0 Å². The van der Waals surface area contributed by atoms with Gasteiger partial charge in [0.2, 0.25) is 0 Å². The molecule has 1 aliphatic rings. The minimum absolute atomic E-state index is 0.0988. The quantitative estimate of drug-likeness (QED) is 0.460. The first-order chi connectivity index (χ1) is 14.3. The highest BCUT2D eigenvalue weighted by atomic mass is 19.2. The molecule has 0 saturated carbocycles. The topological polar surface area (TPSA) is 21.3 Å². The van der Waals surface area contributed by atoms with Gasteiger partial charge in [-0.2, -0.15) is 0 Å². The van der Waals surface area contributed by atoms with Gasteiger partial charge in [0.25, 0.3) is 0 Å². The van der Waals surface area contributed by atoms with Crippen LogP contribution in [0.1, 0.15) is 56.9 Å². The molecule has 2 aromatic carbocycles. The van der Waals surface area contributed by atoms with Crippen molar-refractivity contribution in [3.63, 3.8) is 0 Å². The maximum Gasteiger partial charge on any atom is 0.164 e. The summed E-state index contributed by atoms with van der Waals surface area (Å²) in [6.07, 6.45) is 9.89. The molecule has 0 spiro atoms. The highest BCUT2D eigenvalue weighted by molar-refractivity contribution is 5.67. The van der Waals surface area contributed by atoms with Crippen molar-refractivity contribution < 1.29 is 13.5 Å². The Morgan fingerprint density at radius 3 is 2.62 bits per heavy atom. The average Bonchev–Trinajstić information content (AvgIpc) is 3.02. The average molecular weight is 402 g/mol. The number of ether oxygens (including phenoxy) is 1. The van der Waals surface area contributed by atoms with E-state index in [0.29, 0.717) is 17.7 Å². The van der Waals surface area contributed by atoms with E-state index >= 15 is 0 Å². The highest BCUT2D eigenvalue weighted by Gasteiger charge is 2.15. The number of nitrogens with one attached hydrogen (secondary N) is 1. The van der Waals surface area contributed by atoms with Crippen LogP contribution >= 0.6 is 0 Å². The SMILES string of the molecule is Fc1ccc(-c2ccccc2)c(COCCCCCCC2CCCCNC2)c1F. The molecule has 0 bridgehead atoms. The molecule has 0 aromatic heterocycles. The lowest BCUT2D eigenvalue weighted by molar-refractivity contribution is 0.114. The van der Waals surface area contributed by atoms with Crippen LogP contribution in [-0.2, 0) is 11.3 Å². The molecule has 1 atom stereocenters. The van der Waals surface area contributed by atoms with Gasteiger partial charge in [-0.25, -0.2) is 8.78 Å². The Morgan fingerprint density at radius 1 is 0.931 bits per heavy atom. The van der Waals surface area contributed by atoms with Gasteiger partial charge in [0.1, 0.15) is 0 Å². The molecule has 0 radical (unpaired) electrons. The summed E-state index contributed by atoms with van der Waals surface area (Å²) >= 11 is 0. The lowest BCUT2D eigenvalue weighted by Gasteiger charge is -2.14. The van der Waals surface area contributed by atoms with E-state index in [2.05, 4.69) is 5.32 Å². The van der Waals surface area contributed by atoms with E-state index in [1.165, 1.54) is 57.7 Å². The maximum absolute atomic E-state index is 14.4. The fourth-order valence-electron chi connectivity index (χ4n) is 4.12. The van der Waals surface area contributed by atoms with Crippen molar-refractivity contribution in [2.45, 2.75) is 58.0 Å². The maximum atomic E-state index is 14.4. The van der Waals surface area contributed by atoms with E-state index in [4.69, 9.17) is 4.74 Å². The Hall–Kier alpha value is -1.78. The number of rotatable bonds is 10. The third-order valence-corrected chi connectivity index (χ3v) is 5.83. The standard InChI is InChI=1S/C25H33F2NO/c26-24-15-14-22(21-12-5-3-6-13-21)23(25(24)27)19-29-17-9-2-1-4-10-20-11-7-8-16-28-18-20/h3,5-6,12-15,20,28H,1-2,4,7-11,16-19H2. The number of benzene rings is 2. The number of halogens is 2. The molecule has 1 N–H and O–H groups in total. The van der Waals surface area contributed by atoms with Crippen LogP contribution in [0.15, 0.2) is 42.5 Å². The zero-order chi connectivity index (χ0) is 20.3. The third kappa shape index (κ3) is 6.90. The summed E-state index contributed by atoms with van der Waals surface area (Å²) < 4.78 is 33.8. The van der Waals surface area contributed by atoms with Crippen molar-refractivity contribution >= 4 is 0 Å². The van der Waals surface area contributed by atoms with Gasteiger partial charge in [-0.3, -0.25) is 0 Å². The summed E-state index contributed by atoms with van der Waals surface area (Å²) in [6.45, 7) is 3.02. The van der Waals surface area contributed by atoms with Crippen LogP contribution < -0.4 is 5.32 Å². The van der Waals surface area contributed by atoms with Gasteiger partial charge in [-0.05, 0) is 61.9 Å². The normalized spacial score (nSPS) is 17.2. The summed E-state index contributed by atoms with van der Waals surface area (Å²) in [6, 6.07) is 12.3. The van der Waals surface area contributed by atoms with Gasteiger partial charge in [0, 0.05) is 12.2 Å². The molecule has 0 amide bonds. The molecule has 1 saturated heterocycles. The number of unbranched alkanes of at least 4 members (excludes halogenated alkanes) is 3. The Morgan fingerprint density at radius 2 is 1.76 bits per heavy atom. The van der Waals surface area contributed by atoms with Crippen LogP contribution in [-0.4, -0.2) is 19.7 Å². The molecule has 3 rings (SSSR count). The Bertz CT molecular complexity index is 727. The lowest BCUT2D eigenvalue weighted by atomic mass is 9.96. The van der Waals surface area contributed by atoms with E-state index in [-0.39, 0.29) is 6.61 Å². The zero-order valence-electron chi connectivity index (χ0n) is 17.3. The molecule has 2 nitrogen and oxygen atoms in total. The number of hydrogen-bond donors (Lipinski definition) is 1. The van der Waals surface area contributed by atoms with E-state index in [9.17, 15) is 8.78 Å².